The lowest BCUT2D eigenvalue weighted by Crippen LogP contribution is -2.49. The van der Waals surface area contributed by atoms with Crippen molar-refractivity contribution in [1.29, 1.82) is 0 Å². The lowest BCUT2D eigenvalue weighted by atomic mass is 10.1. The van der Waals surface area contributed by atoms with E-state index in [2.05, 4.69) is 49.9 Å². The van der Waals surface area contributed by atoms with Crippen LogP contribution in [0.1, 0.15) is 11.1 Å². The van der Waals surface area contributed by atoms with E-state index in [9.17, 15) is 4.79 Å². The number of halogens is 1. The van der Waals surface area contributed by atoms with Crippen LogP contribution in [0.3, 0.4) is 0 Å². The van der Waals surface area contributed by atoms with E-state index in [0.29, 0.717) is 19.5 Å². The van der Waals surface area contributed by atoms with Crippen molar-refractivity contribution in [2.75, 3.05) is 31.1 Å². The lowest BCUT2D eigenvalue weighted by Gasteiger charge is -2.36. The maximum absolute atomic E-state index is 12.7. The summed E-state index contributed by atoms with van der Waals surface area (Å²) in [6, 6.07) is 14.1. The Balaban J connectivity index is 1.46. The van der Waals surface area contributed by atoms with Gasteiger partial charge < -0.3 is 9.80 Å². The Labute approximate surface area is 167 Å². The SMILES string of the molecule is Cc1ccccc1CC(=O)N1CCN(c2ncnc3ccc(Br)cc23)CC1. The van der Waals surface area contributed by atoms with Gasteiger partial charge in [0.2, 0.25) is 5.91 Å². The highest BCUT2D eigenvalue weighted by Crippen LogP contribution is 2.27. The van der Waals surface area contributed by atoms with Gasteiger partial charge in [-0.15, -0.1) is 0 Å². The highest BCUT2D eigenvalue weighted by atomic mass is 79.9. The number of aromatic nitrogens is 2. The molecular formula is C21H21BrN4O. The van der Waals surface area contributed by atoms with Crippen molar-refractivity contribution in [3.05, 3.63) is 64.4 Å². The first kappa shape index (κ1) is 17.9. The average molecular weight is 425 g/mol. The highest BCUT2D eigenvalue weighted by molar-refractivity contribution is 9.10. The number of benzene rings is 2. The van der Waals surface area contributed by atoms with Crippen LogP contribution < -0.4 is 4.90 Å². The standard InChI is InChI=1S/C21H21BrN4O/c1-15-4-2-3-5-16(15)12-20(27)25-8-10-26(11-9-25)21-18-13-17(22)6-7-19(18)23-14-24-21/h2-7,13-14H,8-12H2,1H3. The Hall–Kier alpha value is -2.47. The minimum Gasteiger partial charge on any atom is -0.352 e. The predicted octanol–water partition coefficient (Wildman–Crippen LogP) is 3.59. The van der Waals surface area contributed by atoms with Gasteiger partial charge in [0.15, 0.2) is 0 Å². The monoisotopic (exact) mass is 424 g/mol. The zero-order chi connectivity index (χ0) is 18.8. The van der Waals surface area contributed by atoms with E-state index in [1.165, 1.54) is 5.56 Å². The molecule has 5 nitrogen and oxygen atoms in total. The van der Waals surface area contributed by atoms with Crippen molar-refractivity contribution < 1.29 is 4.79 Å². The van der Waals surface area contributed by atoms with Crippen LogP contribution in [0.15, 0.2) is 53.3 Å². The third-order valence-electron chi connectivity index (χ3n) is 5.11. The van der Waals surface area contributed by atoms with Crippen molar-refractivity contribution in [2.45, 2.75) is 13.3 Å². The molecule has 3 aromatic rings. The number of amides is 1. The molecular weight excluding hydrogens is 404 g/mol. The Morgan fingerprint density at radius 1 is 1.07 bits per heavy atom. The van der Waals surface area contributed by atoms with E-state index in [0.717, 1.165) is 39.8 Å². The number of rotatable bonds is 3. The molecule has 0 aliphatic carbocycles. The van der Waals surface area contributed by atoms with Crippen molar-refractivity contribution in [3.63, 3.8) is 0 Å². The molecule has 138 valence electrons. The number of carbonyl (C=O) groups excluding carboxylic acids is 1. The van der Waals surface area contributed by atoms with E-state index in [1.807, 2.05) is 35.2 Å². The normalized spacial score (nSPS) is 14.6. The third-order valence-corrected chi connectivity index (χ3v) is 5.60. The summed E-state index contributed by atoms with van der Waals surface area (Å²) in [4.78, 5) is 25.8. The van der Waals surface area contributed by atoms with Gasteiger partial charge in [-0.2, -0.15) is 0 Å². The second kappa shape index (κ2) is 7.64. The smallest absolute Gasteiger partial charge is 0.227 e. The van der Waals surface area contributed by atoms with Crippen molar-refractivity contribution in [1.82, 2.24) is 14.9 Å². The van der Waals surface area contributed by atoms with E-state index in [4.69, 9.17) is 0 Å². The zero-order valence-corrected chi connectivity index (χ0v) is 16.8. The maximum atomic E-state index is 12.7. The molecule has 1 aromatic heterocycles. The van der Waals surface area contributed by atoms with Crippen LogP contribution in [0.4, 0.5) is 5.82 Å². The lowest BCUT2D eigenvalue weighted by molar-refractivity contribution is -0.130. The maximum Gasteiger partial charge on any atom is 0.227 e. The van der Waals surface area contributed by atoms with Gasteiger partial charge in [0.05, 0.1) is 11.9 Å². The predicted molar refractivity (Wildman–Crippen MR) is 111 cm³/mol. The number of piperazine rings is 1. The molecule has 0 radical (unpaired) electrons. The number of anilines is 1. The Morgan fingerprint density at radius 2 is 1.85 bits per heavy atom. The zero-order valence-electron chi connectivity index (χ0n) is 15.2. The Kier molecular flexibility index (Phi) is 5.07. The van der Waals surface area contributed by atoms with Gasteiger partial charge in [0.25, 0.3) is 0 Å². The number of hydrogen-bond donors (Lipinski definition) is 0. The quantitative estimate of drug-likeness (QED) is 0.644. The van der Waals surface area contributed by atoms with Crippen molar-refractivity contribution >= 4 is 38.6 Å². The fourth-order valence-electron chi connectivity index (χ4n) is 3.52. The number of aryl methyl sites for hydroxylation is 1. The summed E-state index contributed by atoms with van der Waals surface area (Å²) in [5, 5.41) is 1.03. The van der Waals surface area contributed by atoms with Crippen molar-refractivity contribution in [3.8, 4) is 0 Å². The largest absolute Gasteiger partial charge is 0.352 e. The van der Waals surface area contributed by atoms with Gasteiger partial charge in [-0.25, -0.2) is 9.97 Å². The van der Waals surface area contributed by atoms with Crippen LogP contribution in [0, 0.1) is 6.92 Å². The first-order valence-electron chi connectivity index (χ1n) is 9.09. The van der Waals surface area contributed by atoms with Crippen LogP contribution in [-0.4, -0.2) is 47.0 Å². The van der Waals surface area contributed by atoms with E-state index in [1.54, 1.807) is 6.33 Å². The molecule has 1 saturated heterocycles. The summed E-state index contributed by atoms with van der Waals surface area (Å²) in [6.45, 7) is 5.03. The minimum absolute atomic E-state index is 0.194. The first-order chi connectivity index (χ1) is 13.1. The van der Waals surface area contributed by atoms with Gasteiger partial charge in [-0.1, -0.05) is 40.2 Å². The molecule has 0 unspecified atom stereocenters. The number of carbonyl (C=O) groups is 1. The highest BCUT2D eigenvalue weighted by Gasteiger charge is 2.23. The fourth-order valence-corrected chi connectivity index (χ4v) is 3.88. The van der Waals surface area contributed by atoms with E-state index < -0.39 is 0 Å². The Morgan fingerprint density at radius 3 is 2.63 bits per heavy atom. The molecule has 1 fully saturated rings. The summed E-state index contributed by atoms with van der Waals surface area (Å²) >= 11 is 3.53. The van der Waals surface area contributed by atoms with Crippen LogP contribution in [0.2, 0.25) is 0 Å². The molecule has 1 amide bonds. The molecule has 0 bridgehead atoms. The minimum atomic E-state index is 0.194. The summed E-state index contributed by atoms with van der Waals surface area (Å²) in [6.07, 6.45) is 2.08. The Bertz CT molecular complexity index is 983. The summed E-state index contributed by atoms with van der Waals surface area (Å²) < 4.78 is 1.01. The molecule has 0 saturated carbocycles. The number of nitrogens with zero attached hydrogens (tertiary/aromatic N) is 4. The molecule has 2 heterocycles. The molecule has 1 aliphatic heterocycles. The molecule has 4 rings (SSSR count). The van der Waals surface area contributed by atoms with E-state index in [-0.39, 0.29) is 5.91 Å². The molecule has 6 heteroatoms. The van der Waals surface area contributed by atoms with Crippen LogP contribution in [-0.2, 0) is 11.2 Å². The molecule has 2 aromatic carbocycles. The molecule has 0 N–H and O–H groups in total. The van der Waals surface area contributed by atoms with Gasteiger partial charge >= 0.3 is 0 Å². The van der Waals surface area contributed by atoms with E-state index >= 15 is 0 Å². The number of hydrogen-bond acceptors (Lipinski definition) is 4. The van der Waals surface area contributed by atoms with Crippen LogP contribution in [0.25, 0.3) is 10.9 Å². The van der Waals surface area contributed by atoms with Gasteiger partial charge in [0.1, 0.15) is 12.1 Å². The molecule has 27 heavy (non-hydrogen) atoms. The fraction of sp³-hybridized carbons (Fsp3) is 0.286. The molecule has 1 aliphatic rings. The summed E-state index contributed by atoms with van der Waals surface area (Å²) in [5.41, 5.74) is 3.21. The summed E-state index contributed by atoms with van der Waals surface area (Å²) in [7, 11) is 0. The second-order valence-electron chi connectivity index (χ2n) is 6.83. The van der Waals surface area contributed by atoms with Crippen LogP contribution in [0.5, 0.6) is 0 Å². The van der Waals surface area contributed by atoms with Crippen LogP contribution >= 0.6 is 15.9 Å². The molecule has 0 spiro atoms. The van der Waals surface area contributed by atoms with Gasteiger partial charge in [0, 0.05) is 36.0 Å². The number of fused-ring (bicyclic) bond motifs is 1. The summed E-state index contributed by atoms with van der Waals surface area (Å²) in [5.74, 6) is 1.13. The van der Waals surface area contributed by atoms with Gasteiger partial charge in [-0.3, -0.25) is 4.79 Å². The second-order valence-corrected chi connectivity index (χ2v) is 7.75. The average Bonchev–Trinajstić information content (AvgIpc) is 2.69. The van der Waals surface area contributed by atoms with Crippen molar-refractivity contribution in [2.24, 2.45) is 0 Å². The molecule has 0 atom stereocenters. The third kappa shape index (κ3) is 3.81. The van der Waals surface area contributed by atoms with Gasteiger partial charge in [-0.05, 0) is 36.2 Å². The topological polar surface area (TPSA) is 49.3 Å². The first-order valence-corrected chi connectivity index (χ1v) is 9.88.